The molecule has 2 amide bonds. The summed E-state index contributed by atoms with van der Waals surface area (Å²) >= 11 is 1.19. The Morgan fingerprint density at radius 3 is 2.21 bits per heavy atom. The first kappa shape index (κ1) is 36.6. The Morgan fingerprint density at radius 1 is 0.979 bits per heavy atom. The molecule has 3 atom stereocenters. The monoisotopic (exact) mass is 702 g/mol. The number of sulfonamides is 1. The van der Waals surface area contributed by atoms with Gasteiger partial charge in [-0.15, -0.1) is 0 Å². The lowest BCUT2D eigenvalue weighted by atomic mass is 9.65. The van der Waals surface area contributed by atoms with Gasteiger partial charge in [0.1, 0.15) is 0 Å². The molecule has 0 aromatic heterocycles. The zero-order chi connectivity index (χ0) is 34.4. The van der Waals surface area contributed by atoms with Crippen molar-refractivity contribution in [3.8, 4) is 11.5 Å². The van der Waals surface area contributed by atoms with Crippen LogP contribution in [0.4, 0.5) is 18.0 Å². The van der Waals surface area contributed by atoms with Crippen LogP contribution in [0, 0.1) is 0 Å². The number of nitrogens with one attached hydrogen (secondary N) is 2. The molecule has 2 aromatic carbocycles. The molecule has 1 aliphatic carbocycles. The van der Waals surface area contributed by atoms with Crippen LogP contribution >= 0.6 is 11.9 Å². The molecule has 2 saturated heterocycles. The number of benzene rings is 2. The standard InChI is InChI=1S/C29H40N4O5S2.C2HF3O2/c1-32-18-15-29(21-7-12-25(37-2)26(19-21)38-3)14-13-22(20-27(29)32)30-28(34)31-39-23-8-10-24(11-9-23)40(35,36)33-16-5-4-6-17-33;3-2(4,5)1(6)7/h7-12,19,22,27H,4-6,13-18,20H2,1-3H3,(H2,30,31,34);(H,6,7). The average molecular weight is 703 g/mol. The third-order valence-corrected chi connectivity index (χ3v) is 11.8. The van der Waals surface area contributed by atoms with Gasteiger partial charge < -0.3 is 24.8 Å². The second-order valence-corrected chi connectivity index (χ2v) is 14.7. The van der Waals surface area contributed by atoms with Crippen LogP contribution in [0.2, 0.25) is 0 Å². The van der Waals surface area contributed by atoms with Gasteiger partial charge in [0.15, 0.2) is 11.5 Å². The van der Waals surface area contributed by atoms with Crippen molar-refractivity contribution in [2.75, 3.05) is 40.9 Å². The molecule has 1 saturated carbocycles. The van der Waals surface area contributed by atoms with Crippen LogP contribution in [0.5, 0.6) is 11.5 Å². The fraction of sp³-hybridized carbons (Fsp3) is 0.548. The number of carbonyl (C=O) groups is 2. The molecule has 16 heteroatoms. The number of amides is 2. The second kappa shape index (κ2) is 15.3. The predicted octanol–water partition coefficient (Wildman–Crippen LogP) is 5.01. The Kier molecular flexibility index (Phi) is 12.0. The lowest BCUT2D eigenvalue weighted by Gasteiger charge is -2.45. The average Bonchev–Trinajstić information content (AvgIpc) is 3.40. The van der Waals surface area contributed by atoms with E-state index in [1.54, 1.807) is 42.8 Å². The number of ether oxygens (including phenoxy) is 2. The highest BCUT2D eigenvalue weighted by molar-refractivity contribution is 7.98. The molecule has 3 unspecified atom stereocenters. The quantitative estimate of drug-likeness (QED) is 0.324. The second-order valence-electron chi connectivity index (χ2n) is 11.9. The van der Waals surface area contributed by atoms with Gasteiger partial charge >= 0.3 is 18.2 Å². The van der Waals surface area contributed by atoms with Gasteiger partial charge in [0.25, 0.3) is 0 Å². The Bertz CT molecular complexity index is 1510. The first-order valence-electron chi connectivity index (χ1n) is 15.3. The Labute approximate surface area is 277 Å². The number of carboxylic acid groups (broad SMARTS) is 1. The summed E-state index contributed by atoms with van der Waals surface area (Å²) in [6, 6.07) is 13.1. The zero-order valence-electron chi connectivity index (χ0n) is 26.5. The van der Waals surface area contributed by atoms with E-state index in [1.165, 1.54) is 17.5 Å². The van der Waals surface area contributed by atoms with E-state index in [2.05, 4.69) is 34.1 Å². The molecule has 3 aliphatic rings. The Hall–Kier alpha value is -3.21. The fourth-order valence-corrected chi connectivity index (χ4v) is 8.71. The van der Waals surface area contributed by atoms with Crippen LogP contribution < -0.4 is 19.5 Å². The summed E-state index contributed by atoms with van der Waals surface area (Å²) in [6.07, 6.45) is 1.60. The maximum Gasteiger partial charge on any atom is 0.490 e. The maximum absolute atomic E-state index is 12.9. The van der Waals surface area contributed by atoms with Crippen LogP contribution in [0.1, 0.15) is 50.5 Å². The minimum atomic E-state index is -5.08. The van der Waals surface area contributed by atoms with Crippen LogP contribution in [0.3, 0.4) is 0 Å². The van der Waals surface area contributed by atoms with Crippen LogP contribution in [0.25, 0.3) is 0 Å². The number of likely N-dealkylation sites (tertiary alicyclic amines) is 1. The molecule has 2 aromatic rings. The first-order chi connectivity index (χ1) is 22.2. The number of piperidine rings is 1. The third-order valence-electron chi connectivity index (χ3n) is 9.10. The van der Waals surface area contributed by atoms with Gasteiger partial charge in [-0.1, -0.05) is 12.5 Å². The molecule has 2 heterocycles. The number of carbonyl (C=O) groups excluding carboxylic acids is 1. The van der Waals surface area contributed by atoms with E-state index >= 15 is 0 Å². The van der Waals surface area contributed by atoms with E-state index in [4.69, 9.17) is 19.4 Å². The summed E-state index contributed by atoms with van der Waals surface area (Å²) in [6.45, 7) is 2.17. The summed E-state index contributed by atoms with van der Waals surface area (Å²) in [4.78, 5) is 25.2. The number of fused-ring (bicyclic) bond motifs is 1. The van der Waals surface area contributed by atoms with Crippen molar-refractivity contribution in [2.24, 2.45) is 0 Å². The highest BCUT2D eigenvalue weighted by Gasteiger charge is 2.50. The Morgan fingerprint density at radius 2 is 1.62 bits per heavy atom. The highest BCUT2D eigenvalue weighted by Crippen LogP contribution is 2.49. The number of likely N-dealkylation sites (N-methyl/N-ethyl adjacent to an activating group) is 1. The number of rotatable bonds is 8. The van der Waals surface area contributed by atoms with Crippen molar-refractivity contribution < 1.29 is 45.8 Å². The van der Waals surface area contributed by atoms with Crippen molar-refractivity contribution in [1.82, 2.24) is 19.2 Å². The number of halogens is 3. The maximum atomic E-state index is 12.9. The van der Waals surface area contributed by atoms with Gasteiger partial charge in [-0.3, -0.25) is 4.72 Å². The topological polar surface area (TPSA) is 138 Å². The number of urea groups is 1. The smallest absolute Gasteiger partial charge is 0.490 e. The van der Waals surface area contributed by atoms with E-state index in [0.717, 1.165) is 67.9 Å². The van der Waals surface area contributed by atoms with Gasteiger partial charge in [-0.25, -0.2) is 18.0 Å². The number of alkyl halides is 3. The van der Waals surface area contributed by atoms with Crippen molar-refractivity contribution in [2.45, 2.75) is 78.4 Å². The minimum absolute atomic E-state index is 0.0218. The molecule has 5 rings (SSSR count). The number of nitrogens with zero attached hydrogens (tertiary/aromatic N) is 2. The molecular weight excluding hydrogens is 661 g/mol. The summed E-state index contributed by atoms with van der Waals surface area (Å²) in [5.41, 5.74) is 1.29. The fourth-order valence-electron chi connectivity index (χ4n) is 6.65. The summed E-state index contributed by atoms with van der Waals surface area (Å²) in [5.74, 6) is -1.28. The van der Waals surface area contributed by atoms with Gasteiger partial charge in [0, 0.05) is 35.5 Å². The molecule has 2 aliphatic heterocycles. The Balaban J connectivity index is 0.000000644. The van der Waals surface area contributed by atoms with Crippen molar-refractivity contribution in [1.29, 1.82) is 0 Å². The van der Waals surface area contributed by atoms with Gasteiger partial charge in [0.2, 0.25) is 10.0 Å². The van der Waals surface area contributed by atoms with Crippen LogP contribution in [0.15, 0.2) is 52.3 Å². The molecule has 11 nitrogen and oxygen atoms in total. The molecule has 47 heavy (non-hydrogen) atoms. The summed E-state index contributed by atoms with van der Waals surface area (Å²) in [7, 11) is 2.02. The third kappa shape index (κ3) is 8.64. The van der Waals surface area contributed by atoms with Crippen molar-refractivity contribution >= 4 is 34.0 Å². The highest BCUT2D eigenvalue weighted by atomic mass is 32.2. The number of methoxy groups -OCH3 is 2. The molecule has 0 spiro atoms. The molecule has 0 radical (unpaired) electrons. The lowest BCUT2D eigenvalue weighted by Crippen LogP contribution is -2.52. The first-order valence-corrected chi connectivity index (χ1v) is 17.5. The molecule has 260 valence electrons. The van der Waals surface area contributed by atoms with Gasteiger partial charge in [-0.05, 0) is 106 Å². The molecule has 0 bridgehead atoms. The van der Waals surface area contributed by atoms with Gasteiger partial charge in [-0.2, -0.15) is 17.5 Å². The molecule has 3 N–H and O–H groups in total. The molecule has 3 fully saturated rings. The largest absolute Gasteiger partial charge is 0.493 e. The number of hydrogen-bond acceptors (Lipinski definition) is 8. The van der Waals surface area contributed by atoms with Crippen molar-refractivity contribution in [3.63, 3.8) is 0 Å². The zero-order valence-corrected chi connectivity index (χ0v) is 28.1. The minimum Gasteiger partial charge on any atom is -0.493 e. The summed E-state index contributed by atoms with van der Waals surface area (Å²) < 4.78 is 73.0. The van der Waals surface area contributed by atoms with E-state index in [9.17, 15) is 26.4 Å². The summed E-state index contributed by atoms with van der Waals surface area (Å²) in [5, 5.41) is 10.3. The molecular formula is C31H41F3N4O7S2. The van der Waals surface area contributed by atoms with Crippen molar-refractivity contribution in [3.05, 3.63) is 48.0 Å². The van der Waals surface area contributed by atoms with Gasteiger partial charge in [0.05, 0.1) is 19.1 Å². The van der Waals surface area contributed by atoms with Crippen LogP contribution in [-0.4, -0.2) is 93.9 Å². The number of aliphatic carboxylic acids is 1. The van der Waals surface area contributed by atoms with E-state index in [-0.39, 0.29) is 17.5 Å². The van der Waals surface area contributed by atoms with E-state index in [1.807, 2.05) is 6.07 Å². The SMILES string of the molecule is COc1ccc(C23CCC(NC(=O)NSc4ccc(S(=O)(=O)N5CCCCC5)cc4)CC2N(C)CC3)cc1OC.O=C(O)C(F)(F)F. The predicted molar refractivity (Wildman–Crippen MR) is 170 cm³/mol. The lowest BCUT2D eigenvalue weighted by molar-refractivity contribution is -0.192. The number of hydrogen-bond donors (Lipinski definition) is 3. The van der Waals surface area contributed by atoms with Crippen LogP contribution in [-0.2, 0) is 20.2 Å². The van der Waals surface area contributed by atoms with E-state index in [0.29, 0.717) is 24.0 Å². The normalized spacial score (nSPS) is 23.5. The number of carboxylic acids is 1. The van der Waals surface area contributed by atoms with E-state index < -0.39 is 22.2 Å².